The molecule has 15 heavy (non-hydrogen) atoms. The molecule has 0 amide bonds. The van der Waals surface area contributed by atoms with Crippen molar-refractivity contribution in [3.05, 3.63) is 24.3 Å². The Labute approximate surface area is 96.1 Å². The monoisotopic (exact) mass is 225 g/mol. The van der Waals surface area contributed by atoms with Crippen molar-refractivity contribution in [3.63, 3.8) is 0 Å². The third kappa shape index (κ3) is 4.14. The van der Waals surface area contributed by atoms with Gasteiger partial charge in [0.15, 0.2) is 0 Å². The molecule has 0 fully saturated rings. The third-order valence-corrected chi connectivity index (χ3v) is 2.99. The fourth-order valence-corrected chi connectivity index (χ4v) is 1.59. The molecule has 3 heteroatoms. The van der Waals surface area contributed by atoms with Gasteiger partial charge in [-0.15, -0.1) is 11.8 Å². The largest absolute Gasteiger partial charge is 0.396 e. The summed E-state index contributed by atoms with van der Waals surface area (Å²) in [7, 11) is 0. The van der Waals surface area contributed by atoms with Crippen LogP contribution in [0, 0.1) is 5.41 Å². The van der Waals surface area contributed by atoms with Crippen LogP contribution in [0.2, 0.25) is 0 Å². The van der Waals surface area contributed by atoms with Crippen LogP contribution in [0.4, 0.5) is 5.69 Å². The smallest absolute Gasteiger partial charge is 0.0498 e. The summed E-state index contributed by atoms with van der Waals surface area (Å²) in [5, 5.41) is 12.5. The average Bonchev–Trinajstić information content (AvgIpc) is 2.27. The molecule has 0 saturated carbocycles. The highest BCUT2D eigenvalue weighted by molar-refractivity contribution is 7.98. The SMILES string of the molecule is CSc1cccc(NCC(C)(C)CO)c1. The Kier molecular flexibility index (Phi) is 4.48. The molecule has 0 aliphatic rings. The normalized spacial score (nSPS) is 11.5. The van der Waals surface area contributed by atoms with Gasteiger partial charge in [-0.25, -0.2) is 0 Å². The molecule has 0 aliphatic heterocycles. The molecule has 0 bridgehead atoms. The van der Waals surface area contributed by atoms with Gasteiger partial charge in [0.05, 0.1) is 0 Å². The van der Waals surface area contributed by atoms with E-state index >= 15 is 0 Å². The molecule has 0 heterocycles. The Balaban J connectivity index is 2.57. The van der Waals surface area contributed by atoms with Gasteiger partial charge in [-0.05, 0) is 24.5 Å². The lowest BCUT2D eigenvalue weighted by atomic mass is 9.95. The van der Waals surface area contributed by atoms with Crippen LogP contribution >= 0.6 is 11.8 Å². The lowest BCUT2D eigenvalue weighted by Crippen LogP contribution is -2.26. The molecular formula is C12H19NOS. The highest BCUT2D eigenvalue weighted by Gasteiger charge is 2.15. The summed E-state index contributed by atoms with van der Waals surface area (Å²) in [5.41, 5.74) is 1.04. The van der Waals surface area contributed by atoms with Crippen molar-refractivity contribution in [3.8, 4) is 0 Å². The summed E-state index contributed by atoms with van der Waals surface area (Å²) in [4.78, 5) is 1.25. The first kappa shape index (κ1) is 12.4. The molecule has 1 aromatic rings. The predicted molar refractivity (Wildman–Crippen MR) is 67.6 cm³/mol. The molecule has 0 aromatic heterocycles. The average molecular weight is 225 g/mol. The Bertz CT molecular complexity index is 312. The quantitative estimate of drug-likeness (QED) is 0.756. The first-order valence-corrected chi connectivity index (χ1v) is 6.29. The summed E-state index contributed by atoms with van der Waals surface area (Å²) in [6.45, 7) is 5.06. The first-order valence-electron chi connectivity index (χ1n) is 5.06. The number of rotatable bonds is 5. The van der Waals surface area contributed by atoms with Crippen LogP contribution < -0.4 is 5.32 Å². The molecule has 1 rings (SSSR count). The van der Waals surface area contributed by atoms with Gasteiger partial charge in [0.1, 0.15) is 0 Å². The van der Waals surface area contributed by atoms with Gasteiger partial charge >= 0.3 is 0 Å². The molecule has 0 unspecified atom stereocenters. The zero-order chi connectivity index (χ0) is 11.3. The van der Waals surface area contributed by atoms with E-state index in [0.29, 0.717) is 0 Å². The van der Waals surface area contributed by atoms with Crippen molar-refractivity contribution in [2.45, 2.75) is 18.7 Å². The number of nitrogens with one attached hydrogen (secondary N) is 1. The lowest BCUT2D eigenvalue weighted by Gasteiger charge is -2.22. The molecule has 2 nitrogen and oxygen atoms in total. The van der Waals surface area contributed by atoms with Gasteiger partial charge in [-0.2, -0.15) is 0 Å². The summed E-state index contributed by atoms with van der Waals surface area (Å²) in [6, 6.07) is 8.30. The number of aliphatic hydroxyl groups is 1. The second-order valence-corrected chi connectivity index (χ2v) is 5.29. The standard InChI is InChI=1S/C12H19NOS/c1-12(2,9-14)8-13-10-5-4-6-11(7-10)15-3/h4-7,13-14H,8-9H2,1-3H3. The fourth-order valence-electron chi connectivity index (χ4n) is 1.13. The number of hydrogen-bond donors (Lipinski definition) is 2. The van der Waals surface area contributed by atoms with E-state index in [1.165, 1.54) is 4.90 Å². The van der Waals surface area contributed by atoms with Gasteiger partial charge < -0.3 is 10.4 Å². The molecule has 0 saturated heterocycles. The van der Waals surface area contributed by atoms with Crippen molar-refractivity contribution >= 4 is 17.4 Å². The third-order valence-electron chi connectivity index (χ3n) is 2.27. The van der Waals surface area contributed by atoms with Gasteiger partial charge in [0, 0.05) is 29.1 Å². The first-order chi connectivity index (χ1) is 7.07. The van der Waals surface area contributed by atoms with Crippen LogP contribution in [0.5, 0.6) is 0 Å². The van der Waals surface area contributed by atoms with Crippen LogP contribution in [0.3, 0.4) is 0 Å². The highest BCUT2D eigenvalue weighted by Crippen LogP contribution is 2.20. The fraction of sp³-hybridized carbons (Fsp3) is 0.500. The van der Waals surface area contributed by atoms with E-state index in [-0.39, 0.29) is 12.0 Å². The van der Waals surface area contributed by atoms with Crippen LogP contribution in [0.15, 0.2) is 29.2 Å². The summed E-state index contributed by atoms with van der Waals surface area (Å²) in [5.74, 6) is 0. The molecular weight excluding hydrogens is 206 g/mol. The second kappa shape index (κ2) is 5.42. The van der Waals surface area contributed by atoms with Crippen molar-refractivity contribution in [2.24, 2.45) is 5.41 Å². The minimum Gasteiger partial charge on any atom is -0.396 e. The van der Waals surface area contributed by atoms with E-state index in [1.54, 1.807) is 11.8 Å². The van der Waals surface area contributed by atoms with Gasteiger partial charge in [0.2, 0.25) is 0 Å². The van der Waals surface area contributed by atoms with E-state index in [0.717, 1.165) is 12.2 Å². The molecule has 0 spiro atoms. The van der Waals surface area contributed by atoms with Crippen LogP contribution in [-0.2, 0) is 0 Å². The highest BCUT2D eigenvalue weighted by atomic mass is 32.2. The van der Waals surface area contributed by atoms with Crippen LogP contribution in [-0.4, -0.2) is 24.5 Å². The number of thioether (sulfide) groups is 1. The predicted octanol–water partition coefficient (Wildman–Crippen LogP) is 2.84. The number of aliphatic hydroxyl groups excluding tert-OH is 1. The summed E-state index contributed by atoms with van der Waals surface area (Å²) in [6.07, 6.45) is 2.07. The number of hydrogen-bond acceptors (Lipinski definition) is 3. The molecule has 0 atom stereocenters. The van der Waals surface area contributed by atoms with Gasteiger partial charge in [0.25, 0.3) is 0 Å². The van der Waals surface area contributed by atoms with E-state index in [2.05, 4.69) is 23.7 Å². The number of anilines is 1. The Morgan fingerprint density at radius 3 is 2.73 bits per heavy atom. The summed E-state index contributed by atoms with van der Waals surface area (Å²) >= 11 is 1.73. The maximum atomic E-state index is 9.13. The van der Waals surface area contributed by atoms with Crippen molar-refractivity contribution in [2.75, 3.05) is 24.7 Å². The molecule has 1 aromatic carbocycles. The maximum Gasteiger partial charge on any atom is 0.0498 e. The Morgan fingerprint density at radius 2 is 2.13 bits per heavy atom. The minimum absolute atomic E-state index is 0.0740. The van der Waals surface area contributed by atoms with E-state index in [4.69, 9.17) is 5.11 Å². The van der Waals surface area contributed by atoms with Crippen molar-refractivity contribution in [1.29, 1.82) is 0 Å². The lowest BCUT2D eigenvalue weighted by molar-refractivity contribution is 0.171. The van der Waals surface area contributed by atoms with Crippen LogP contribution in [0.25, 0.3) is 0 Å². The van der Waals surface area contributed by atoms with Gasteiger partial charge in [-0.3, -0.25) is 0 Å². The van der Waals surface area contributed by atoms with Gasteiger partial charge in [-0.1, -0.05) is 19.9 Å². The second-order valence-electron chi connectivity index (χ2n) is 4.41. The van der Waals surface area contributed by atoms with E-state index < -0.39 is 0 Å². The molecule has 84 valence electrons. The minimum atomic E-state index is -0.0740. The molecule has 0 radical (unpaired) electrons. The van der Waals surface area contributed by atoms with Crippen molar-refractivity contribution in [1.82, 2.24) is 0 Å². The van der Waals surface area contributed by atoms with Crippen molar-refractivity contribution < 1.29 is 5.11 Å². The number of benzene rings is 1. The summed E-state index contributed by atoms with van der Waals surface area (Å²) < 4.78 is 0. The Hall–Kier alpha value is -0.670. The molecule has 0 aliphatic carbocycles. The maximum absolute atomic E-state index is 9.13. The topological polar surface area (TPSA) is 32.3 Å². The van der Waals surface area contributed by atoms with E-state index in [1.807, 2.05) is 26.0 Å². The van der Waals surface area contributed by atoms with Crippen LogP contribution in [0.1, 0.15) is 13.8 Å². The molecule has 2 N–H and O–H groups in total. The van der Waals surface area contributed by atoms with E-state index in [9.17, 15) is 0 Å². The Morgan fingerprint density at radius 1 is 1.40 bits per heavy atom. The zero-order valence-electron chi connectivity index (χ0n) is 9.58. The zero-order valence-corrected chi connectivity index (χ0v) is 10.4.